The third-order valence-corrected chi connectivity index (χ3v) is 22.3. The maximum absolute atomic E-state index is 14.6. The highest BCUT2D eigenvalue weighted by atomic mass is 16.7. The standard InChI is InChI=1S/C98H166N6O41/c1-11-12-13-14-15-16-17-18-19-20-21-22-23-24-25-26-27-37-86(114)99-38-33-30-36-79(98(120)121)104-97(119)78(35-29-32-40-101-88(116)66-129-51-48-123-42-45-126-54-57-132-91-60-81(138-72(6)109)94(141-75(9)112)84(144-91)63-135-69(3)106)103-96(118)77(102-89(117)67-130-52-49-124-43-46-127-55-58-133-92-61-82(139-73(7)110)95(142-76(10)113)85(145-92)64-136-70(4)107)34-28-31-39-100-87(115)65-128-50-47-122-41-44-125-53-56-131-90-59-80(137-71(5)108)93(140-74(8)111)83(143-90)62-134-68(2)105/h77-85,90-95H,11-67H2,1-10H3,(H,99,114)(H,100,115)(H,101,116)(H,102,117)(H,103,118)(H,104,119)(H,120,121)/t77-,78-,79-,80+,81+,82+,83+,84+,85+,90+,91+,92+,93+,94+,95+/m0/s1. The number of aliphatic carboxylic acids is 1. The lowest BCUT2D eigenvalue weighted by Crippen LogP contribution is -2.56. The van der Waals surface area contributed by atoms with Crippen molar-refractivity contribution in [1.82, 2.24) is 31.9 Å². The molecule has 3 fully saturated rings. The van der Waals surface area contributed by atoms with Crippen molar-refractivity contribution in [2.24, 2.45) is 0 Å². The van der Waals surface area contributed by atoms with Gasteiger partial charge in [-0.25, -0.2) is 4.79 Å². The number of amides is 6. The van der Waals surface area contributed by atoms with Gasteiger partial charge in [0.15, 0.2) is 37.2 Å². The van der Waals surface area contributed by atoms with Gasteiger partial charge in [0.1, 0.15) is 94.4 Å². The van der Waals surface area contributed by atoms with E-state index in [0.29, 0.717) is 19.3 Å². The van der Waals surface area contributed by atoms with Crippen LogP contribution in [0.2, 0.25) is 0 Å². The summed E-state index contributed by atoms with van der Waals surface area (Å²) in [6, 6.07) is -4.12. The Morgan fingerprint density at radius 1 is 0.276 bits per heavy atom. The van der Waals surface area contributed by atoms with Crippen LogP contribution in [0.4, 0.5) is 0 Å². The Kier molecular flexibility index (Phi) is 74.3. The Labute approximate surface area is 851 Å². The normalized spacial score (nSPS) is 19.8. The average molecular weight is 2080 g/mol. The van der Waals surface area contributed by atoms with Gasteiger partial charge in [-0.15, -0.1) is 0 Å². The monoisotopic (exact) mass is 2080 g/mol. The number of carboxylic acid groups (broad SMARTS) is 1. The van der Waals surface area contributed by atoms with E-state index in [1.165, 1.54) is 146 Å². The van der Waals surface area contributed by atoms with Crippen molar-refractivity contribution in [3.05, 3.63) is 0 Å². The molecule has 0 spiro atoms. The zero-order chi connectivity index (χ0) is 106. The van der Waals surface area contributed by atoms with Gasteiger partial charge >= 0.3 is 59.7 Å². The molecule has 0 aliphatic carbocycles. The van der Waals surface area contributed by atoms with Gasteiger partial charge in [-0.05, 0) is 64.2 Å². The van der Waals surface area contributed by atoms with Crippen molar-refractivity contribution in [2.45, 2.75) is 354 Å². The van der Waals surface area contributed by atoms with Crippen LogP contribution in [0.15, 0.2) is 0 Å². The van der Waals surface area contributed by atoms with Gasteiger partial charge in [-0.3, -0.25) is 71.9 Å². The Hall–Kier alpha value is -9.08. The second kappa shape index (κ2) is 82.8. The van der Waals surface area contributed by atoms with Crippen LogP contribution < -0.4 is 31.9 Å². The van der Waals surface area contributed by atoms with Gasteiger partial charge in [0, 0.05) is 108 Å². The molecule has 47 nitrogen and oxygen atoms in total. The third-order valence-electron chi connectivity index (χ3n) is 22.3. The molecular weight excluding hydrogens is 1920 g/mol. The fraction of sp³-hybridized carbons (Fsp3) is 0.837. The molecular formula is C98H166N6O41. The predicted molar refractivity (Wildman–Crippen MR) is 511 cm³/mol. The smallest absolute Gasteiger partial charge is 0.326 e. The number of rotatable bonds is 87. The van der Waals surface area contributed by atoms with Gasteiger partial charge in [0.05, 0.1) is 119 Å². The van der Waals surface area contributed by atoms with Crippen molar-refractivity contribution in [2.75, 3.05) is 178 Å². The first kappa shape index (κ1) is 130. The van der Waals surface area contributed by atoms with E-state index < -0.39 is 188 Å². The molecule has 3 saturated heterocycles. The van der Waals surface area contributed by atoms with Crippen molar-refractivity contribution >= 4 is 95.1 Å². The number of ether oxygens (including phenoxy) is 24. The van der Waals surface area contributed by atoms with Crippen LogP contribution in [0.1, 0.15) is 262 Å². The van der Waals surface area contributed by atoms with Crippen LogP contribution in [-0.2, 0) is 190 Å². The van der Waals surface area contributed by atoms with E-state index >= 15 is 0 Å². The summed E-state index contributed by atoms with van der Waals surface area (Å²) in [5, 5.41) is 26.9. The summed E-state index contributed by atoms with van der Waals surface area (Å²) in [5.41, 5.74) is 0. The molecule has 0 aromatic heterocycles. The van der Waals surface area contributed by atoms with Crippen molar-refractivity contribution in [3.8, 4) is 0 Å². The van der Waals surface area contributed by atoms with Crippen LogP contribution in [0.3, 0.4) is 0 Å². The molecule has 834 valence electrons. The van der Waals surface area contributed by atoms with Crippen LogP contribution in [0.25, 0.3) is 0 Å². The van der Waals surface area contributed by atoms with Crippen LogP contribution in [0, 0.1) is 0 Å². The lowest BCUT2D eigenvalue weighted by molar-refractivity contribution is -0.267. The maximum Gasteiger partial charge on any atom is 0.326 e. The SMILES string of the molecule is CCCCCCCCCCCCCCCCCCCC(=O)NCCCC[C@H](NC(=O)[C@H](CCCCNC(=O)COCCOCCOCCO[C@H]1C[C@@H](OC(C)=O)[C@@H](OC(C)=O)[C@@H](COC(C)=O)O1)NC(=O)[C@H](CCCCNC(=O)COCCOCCOCCO[C@H]1C[C@@H](OC(C)=O)[C@@H](OC(C)=O)[C@@H](COC(C)=O)O1)NC(=O)COCCOCCOCCO[C@H]1C[C@@H](OC(C)=O)[C@@H](OC(C)=O)[C@@H](COC(C)=O)O1)C(=O)O. The number of esters is 9. The summed E-state index contributed by atoms with van der Waals surface area (Å²) in [4.78, 5) is 201. The number of carboxylic acids is 1. The van der Waals surface area contributed by atoms with E-state index in [0.717, 1.165) is 25.7 Å². The largest absolute Gasteiger partial charge is 0.480 e. The summed E-state index contributed by atoms with van der Waals surface area (Å²) in [6.45, 7) is 12.6. The first-order chi connectivity index (χ1) is 69.7. The van der Waals surface area contributed by atoms with E-state index in [1.54, 1.807) is 0 Å². The van der Waals surface area contributed by atoms with Gasteiger partial charge in [-0.2, -0.15) is 0 Å². The maximum atomic E-state index is 14.6. The summed E-state index contributed by atoms with van der Waals surface area (Å²) < 4.78 is 133. The molecule has 0 aromatic rings. The van der Waals surface area contributed by atoms with E-state index in [1.807, 2.05) is 0 Å². The molecule has 145 heavy (non-hydrogen) atoms. The zero-order valence-electron chi connectivity index (χ0n) is 86.7. The molecule has 3 aliphatic rings. The second-order valence-electron chi connectivity index (χ2n) is 35.1. The molecule has 3 rings (SSSR count). The summed E-state index contributed by atoms with van der Waals surface area (Å²) in [7, 11) is 0. The molecule has 7 N–H and O–H groups in total. The molecule has 3 aliphatic heterocycles. The molecule has 47 heteroatoms. The third kappa shape index (κ3) is 68.2. The summed E-state index contributed by atoms with van der Waals surface area (Å²) in [6.07, 6.45) is 10.8. The fourth-order valence-electron chi connectivity index (χ4n) is 15.4. The molecule has 0 bridgehead atoms. The summed E-state index contributed by atoms with van der Waals surface area (Å²) >= 11 is 0. The molecule has 0 saturated carbocycles. The molecule has 15 atom stereocenters. The van der Waals surface area contributed by atoms with E-state index in [9.17, 15) is 81.8 Å². The number of nitrogens with one attached hydrogen (secondary N) is 6. The molecule has 3 heterocycles. The van der Waals surface area contributed by atoms with Crippen molar-refractivity contribution in [3.63, 3.8) is 0 Å². The average Bonchev–Trinajstić information content (AvgIpc) is 0.834. The number of carbonyl (C=O) groups excluding carboxylic acids is 15. The number of hydrogen-bond donors (Lipinski definition) is 7. The topological polar surface area (TPSA) is 587 Å². The zero-order valence-corrected chi connectivity index (χ0v) is 86.7. The minimum atomic E-state index is -1.42. The quantitative estimate of drug-likeness (QED) is 0.0232. The minimum Gasteiger partial charge on any atom is -0.480 e. The van der Waals surface area contributed by atoms with Gasteiger partial charge in [-0.1, -0.05) is 110 Å². The fourth-order valence-corrected chi connectivity index (χ4v) is 15.4. The summed E-state index contributed by atoms with van der Waals surface area (Å²) in [5.74, 6) is -10.5. The Morgan fingerprint density at radius 2 is 0.531 bits per heavy atom. The van der Waals surface area contributed by atoms with E-state index in [4.69, 9.17) is 114 Å². The lowest BCUT2D eigenvalue weighted by Gasteiger charge is -2.39. The number of hydrogen-bond acceptors (Lipinski definition) is 40. The second-order valence-corrected chi connectivity index (χ2v) is 35.1. The van der Waals surface area contributed by atoms with E-state index in [2.05, 4.69) is 38.8 Å². The van der Waals surface area contributed by atoms with E-state index in [-0.39, 0.29) is 242 Å². The first-order valence-corrected chi connectivity index (χ1v) is 51.1. The number of unbranched alkanes of at least 4 members (excludes halogenated alkanes) is 19. The predicted octanol–water partition coefficient (Wildman–Crippen LogP) is 5.25. The van der Waals surface area contributed by atoms with Crippen LogP contribution in [-0.4, -0.2) is 370 Å². The molecule has 0 aromatic carbocycles. The lowest BCUT2D eigenvalue weighted by atomic mass is 10.0. The van der Waals surface area contributed by atoms with Crippen molar-refractivity contribution in [1.29, 1.82) is 0 Å². The molecule has 0 unspecified atom stereocenters. The van der Waals surface area contributed by atoms with Gasteiger partial charge < -0.3 is 151 Å². The van der Waals surface area contributed by atoms with Crippen molar-refractivity contribution < 1.29 is 196 Å². The number of carbonyl (C=O) groups is 16. The minimum absolute atomic E-state index is 0.00170. The highest BCUT2D eigenvalue weighted by Gasteiger charge is 2.48. The first-order valence-electron chi connectivity index (χ1n) is 51.1. The Bertz CT molecular complexity index is 3670. The van der Waals surface area contributed by atoms with Gasteiger partial charge in [0.25, 0.3) is 0 Å². The molecule has 6 amide bonds. The van der Waals surface area contributed by atoms with Crippen LogP contribution in [0.5, 0.6) is 0 Å². The highest BCUT2D eigenvalue weighted by molar-refractivity contribution is 5.93. The van der Waals surface area contributed by atoms with Crippen LogP contribution >= 0.6 is 0 Å². The molecule has 0 radical (unpaired) electrons. The Balaban J connectivity index is 1.63. The Morgan fingerprint density at radius 3 is 0.821 bits per heavy atom. The van der Waals surface area contributed by atoms with Gasteiger partial charge in [0.2, 0.25) is 35.4 Å². The highest BCUT2D eigenvalue weighted by Crippen LogP contribution is 2.31.